The molecule has 2 aromatic carbocycles. The number of rotatable bonds is 17. The smallest absolute Gasteiger partial charge is 0.753 e. The van der Waals surface area contributed by atoms with Gasteiger partial charge in [-0.05, 0) is 132 Å². The van der Waals surface area contributed by atoms with Crippen LogP contribution in [0.4, 0.5) is 30.2 Å². The number of hydrogen-bond acceptors (Lipinski definition) is 13. The van der Waals surface area contributed by atoms with Crippen molar-refractivity contribution in [1.29, 1.82) is 0 Å². The molecule has 81 heavy (non-hydrogen) atoms. The van der Waals surface area contributed by atoms with Gasteiger partial charge in [0.15, 0.2) is 0 Å². The quantitative estimate of drug-likeness (QED) is 0.0280. The Kier molecular flexibility index (Phi) is 22.0. The van der Waals surface area contributed by atoms with Crippen LogP contribution in [0.3, 0.4) is 0 Å². The molecule has 0 N–H and O–H groups in total. The first-order valence-corrected chi connectivity index (χ1v) is 27.7. The van der Waals surface area contributed by atoms with Gasteiger partial charge in [0, 0.05) is 73.4 Å². The molecular weight excluding hydrogens is 1170 g/mol. The molecule has 9 aromatic rings. The second-order valence-corrected chi connectivity index (χ2v) is 23.0. The van der Waals surface area contributed by atoms with E-state index in [9.17, 15) is 22.8 Å². The fourth-order valence-electron chi connectivity index (χ4n) is 8.54. The predicted octanol–water partition coefficient (Wildman–Crippen LogP) is 17.0. The predicted molar refractivity (Wildman–Crippen MR) is 317 cm³/mol. The van der Waals surface area contributed by atoms with E-state index in [4.69, 9.17) is 19.9 Å². The summed E-state index contributed by atoms with van der Waals surface area (Å²) in [6, 6.07) is 38.2. The molecule has 0 bridgehead atoms. The number of aromatic nitrogens is 6. The molecule has 0 atom stereocenters. The summed E-state index contributed by atoms with van der Waals surface area (Å²) >= 11 is 7.33. The van der Waals surface area contributed by atoms with Crippen molar-refractivity contribution in [3.05, 3.63) is 173 Å². The standard InChI is InChI=1S/C32H29N3O4S2.C29H30F3N4.CNS.Ru/c1-3-4-5-6-7-23-14-21(2)40-32(23)31-9-8-30(41-31)22-10-12-33-26(15-22)28-17-25(39-20-37)18-29(35-28)27-16-24(38-19-36)11-13-34-27;1-27(2,3)19-7-11-21(12-8-19)36(22-13-9-20(10-14-22)28(4,5)6)23-15-16-33-24(17-23)25-18-26(35-34-25)29(30,31)32;2-1-3;/h8-20H,3-7H2,1-2H3;7-18H,1-6H3;;/q;2*-1;+2. The van der Waals surface area contributed by atoms with Crippen LogP contribution in [0, 0.1) is 6.92 Å². The van der Waals surface area contributed by atoms with Crippen LogP contribution >= 0.6 is 34.9 Å². The number of halogens is 3. The Morgan fingerprint density at radius 1 is 0.642 bits per heavy atom. The largest absolute Gasteiger partial charge is 2.00 e. The molecule has 0 aliphatic heterocycles. The number of pyridine rings is 4. The van der Waals surface area contributed by atoms with Crippen molar-refractivity contribution in [1.82, 2.24) is 30.1 Å². The maximum atomic E-state index is 13.1. The minimum Gasteiger partial charge on any atom is -0.753 e. The average Bonchev–Trinajstić information content (AvgIpc) is 4.24. The third-order valence-corrected chi connectivity index (χ3v) is 15.0. The minimum absolute atomic E-state index is 0. The summed E-state index contributed by atoms with van der Waals surface area (Å²) in [5.74, 6) is 0.627. The molecule has 418 valence electrons. The van der Waals surface area contributed by atoms with E-state index in [0.29, 0.717) is 52.9 Å². The third-order valence-electron chi connectivity index (χ3n) is 12.6. The van der Waals surface area contributed by atoms with Gasteiger partial charge in [-0.2, -0.15) is 18.3 Å². The SMILES string of the molecule is CC(C)(C)c1ccc(N(c2ccc(C(C)(C)C)cc2)c2ccnc(-c3cc(C(F)(F)F)n[n-]3)c2)cc1.CCCCCCc1cc(C)sc1-c1ccc(-c2ccnc(-c3cc(OC=O)cc(-c4cc(OC=O)ccn4)n3)c2)s1.[N-]=C=S.[Ru+2]. The van der Waals surface area contributed by atoms with Crippen molar-refractivity contribution in [2.75, 3.05) is 4.90 Å². The van der Waals surface area contributed by atoms with Gasteiger partial charge in [-0.25, -0.2) is 4.98 Å². The van der Waals surface area contributed by atoms with Crippen LogP contribution in [-0.2, 0) is 52.5 Å². The molecule has 0 unspecified atom stereocenters. The van der Waals surface area contributed by atoms with Crippen molar-refractivity contribution in [2.45, 2.75) is 105 Å². The van der Waals surface area contributed by atoms with Crippen molar-refractivity contribution < 1.29 is 51.7 Å². The zero-order valence-corrected chi connectivity index (χ0v) is 50.1. The molecule has 0 radical (unpaired) electrons. The fourth-order valence-corrected chi connectivity index (χ4v) is 10.8. The van der Waals surface area contributed by atoms with Crippen LogP contribution in [0.15, 0.2) is 140 Å². The first-order valence-electron chi connectivity index (χ1n) is 25.6. The molecule has 0 aliphatic rings. The maximum Gasteiger partial charge on any atom is 2.00 e. The van der Waals surface area contributed by atoms with E-state index in [1.54, 1.807) is 54.1 Å². The summed E-state index contributed by atoms with van der Waals surface area (Å²) in [5.41, 5.74) is 8.90. The van der Waals surface area contributed by atoms with Crippen molar-refractivity contribution in [2.24, 2.45) is 0 Å². The normalized spacial score (nSPS) is 11.2. The summed E-state index contributed by atoms with van der Waals surface area (Å²) in [4.78, 5) is 47.0. The molecule has 0 fully saturated rings. The van der Waals surface area contributed by atoms with Crippen LogP contribution in [0.2, 0.25) is 0 Å². The number of carbonyl (C=O) groups is 2. The summed E-state index contributed by atoms with van der Waals surface area (Å²) in [6.45, 7) is 18.1. The summed E-state index contributed by atoms with van der Waals surface area (Å²) < 4.78 is 49.3. The topological polar surface area (TPSA) is 157 Å². The Labute approximate surface area is 496 Å². The number of benzene rings is 2. The molecule has 19 heteroatoms. The second-order valence-electron chi connectivity index (χ2n) is 20.5. The number of aryl methyl sites for hydroxylation is 2. The van der Waals surface area contributed by atoms with Gasteiger partial charge in [0.1, 0.15) is 17.2 Å². The van der Waals surface area contributed by atoms with Gasteiger partial charge in [-0.1, -0.05) is 110 Å². The van der Waals surface area contributed by atoms with Crippen LogP contribution in [-0.4, -0.2) is 43.1 Å². The Bertz CT molecular complexity index is 3510. The van der Waals surface area contributed by atoms with E-state index in [1.807, 2.05) is 29.5 Å². The van der Waals surface area contributed by atoms with Gasteiger partial charge < -0.3 is 30.0 Å². The number of hydrogen-bond donors (Lipinski definition) is 0. The molecular formula is C62H59F3N8O4RuS3. The number of anilines is 3. The first kappa shape index (κ1) is 62.8. The van der Waals surface area contributed by atoms with Crippen LogP contribution in [0.5, 0.6) is 11.5 Å². The van der Waals surface area contributed by atoms with Gasteiger partial charge in [-0.15, -0.1) is 22.7 Å². The molecule has 7 heterocycles. The van der Waals surface area contributed by atoms with Gasteiger partial charge in [0.05, 0.1) is 28.5 Å². The van der Waals surface area contributed by atoms with E-state index >= 15 is 0 Å². The van der Waals surface area contributed by atoms with Crippen LogP contribution < -0.4 is 19.5 Å². The number of carbonyl (C=O) groups excluding carboxylic acids is 2. The minimum atomic E-state index is -4.56. The number of nitrogens with zero attached hydrogens (tertiary/aromatic N) is 8. The zero-order chi connectivity index (χ0) is 57.6. The fraction of sp³-hybridized carbons (Fsp3) is 0.258. The number of unbranched alkanes of at least 4 members (excludes halogenated alkanes) is 3. The average molecular weight is 1230 g/mol. The Morgan fingerprint density at radius 2 is 1.19 bits per heavy atom. The van der Waals surface area contributed by atoms with E-state index in [2.05, 4.69) is 164 Å². The van der Waals surface area contributed by atoms with Gasteiger partial charge in [0.2, 0.25) is 0 Å². The summed E-state index contributed by atoms with van der Waals surface area (Å²) in [5, 5.41) is 15.5. The molecule has 12 nitrogen and oxygen atoms in total. The summed E-state index contributed by atoms with van der Waals surface area (Å²) in [7, 11) is 0. The molecule has 0 amide bonds. The van der Waals surface area contributed by atoms with E-state index in [-0.39, 0.29) is 36.0 Å². The Hall–Kier alpha value is -7.40. The van der Waals surface area contributed by atoms with E-state index in [0.717, 1.165) is 40.0 Å². The summed E-state index contributed by atoms with van der Waals surface area (Å²) in [6.07, 6.45) is 6.40. The number of thiocarbonyl (C=S) groups is 1. The first-order chi connectivity index (χ1) is 38.2. The maximum absolute atomic E-state index is 13.1. The number of ether oxygens (including phenoxy) is 2. The second kappa shape index (κ2) is 28.3. The van der Waals surface area contributed by atoms with E-state index in [1.165, 1.54) is 68.4 Å². The molecule has 7 aromatic heterocycles. The molecule has 0 saturated heterocycles. The zero-order valence-electron chi connectivity index (χ0n) is 45.9. The van der Waals surface area contributed by atoms with Crippen molar-refractivity contribution in [3.63, 3.8) is 0 Å². The number of isothiocyanates is 1. The van der Waals surface area contributed by atoms with Gasteiger partial charge >= 0.3 is 25.7 Å². The third kappa shape index (κ3) is 16.8. The molecule has 0 aliphatic carbocycles. The van der Waals surface area contributed by atoms with E-state index < -0.39 is 11.9 Å². The number of alkyl halides is 3. The molecule has 0 saturated carbocycles. The van der Waals surface area contributed by atoms with Crippen molar-refractivity contribution in [3.8, 4) is 65.9 Å². The van der Waals surface area contributed by atoms with Crippen LogP contribution in [0.25, 0.3) is 59.8 Å². The van der Waals surface area contributed by atoms with Gasteiger partial charge in [0.25, 0.3) is 12.9 Å². The molecule has 0 spiro atoms. The molecule has 9 rings (SSSR count). The monoisotopic (exact) mass is 1230 g/mol. The Morgan fingerprint density at radius 3 is 1.75 bits per heavy atom. The Balaban J connectivity index is 0.000000248. The van der Waals surface area contributed by atoms with Crippen LogP contribution in [0.1, 0.15) is 101 Å². The van der Waals surface area contributed by atoms with Gasteiger partial charge in [-0.3, -0.25) is 24.5 Å². The number of thiophene rings is 2. The van der Waals surface area contributed by atoms with Crippen molar-refractivity contribution >= 4 is 70.1 Å².